The van der Waals surface area contributed by atoms with Crippen molar-refractivity contribution in [2.24, 2.45) is 0 Å². The minimum absolute atomic E-state index is 0.0294. The quantitative estimate of drug-likeness (QED) is 0.934. The van der Waals surface area contributed by atoms with Gasteiger partial charge < -0.3 is 9.88 Å². The number of carbonyl (C=O) groups excluding carboxylic acids is 1. The van der Waals surface area contributed by atoms with E-state index in [-0.39, 0.29) is 11.9 Å². The van der Waals surface area contributed by atoms with Gasteiger partial charge in [-0.15, -0.1) is 11.3 Å². The number of hydrogen-bond acceptors (Lipinski definition) is 4. The summed E-state index contributed by atoms with van der Waals surface area (Å²) in [5.41, 5.74) is 3.09. The lowest BCUT2D eigenvalue weighted by Crippen LogP contribution is -2.41. The Kier molecular flexibility index (Phi) is 3.91. The van der Waals surface area contributed by atoms with Gasteiger partial charge in [0, 0.05) is 35.9 Å². The molecule has 2 aromatic heterocycles. The van der Waals surface area contributed by atoms with Crippen LogP contribution in [-0.4, -0.2) is 28.5 Å². The highest BCUT2D eigenvalue weighted by Crippen LogP contribution is 2.38. The van der Waals surface area contributed by atoms with Crippen LogP contribution in [0.25, 0.3) is 0 Å². The van der Waals surface area contributed by atoms with Crippen molar-refractivity contribution in [2.45, 2.75) is 38.8 Å². The molecule has 0 fully saturated rings. The van der Waals surface area contributed by atoms with Crippen LogP contribution < -0.4 is 5.32 Å². The molecule has 0 bridgehead atoms. The zero-order valence-electron chi connectivity index (χ0n) is 13.7. The van der Waals surface area contributed by atoms with Crippen LogP contribution in [0.3, 0.4) is 0 Å². The fourth-order valence-electron chi connectivity index (χ4n) is 3.80. The Hall–Kier alpha value is -2.10. The minimum atomic E-state index is -0.0294. The van der Waals surface area contributed by atoms with Crippen LogP contribution in [0.2, 0.25) is 0 Å². The van der Waals surface area contributed by atoms with Gasteiger partial charge in [0.1, 0.15) is 11.1 Å². The molecule has 1 aliphatic heterocycles. The van der Waals surface area contributed by atoms with E-state index in [1.54, 1.807) is 11.3 Å². The number of rotatable bonds is 3. The monoisotopic (exact) mass is 340 g/mol. The second kappa shape index (κ2) is 6.08. The number of nitriles is 1. The van der Waals surface area contributed by atoms with E-state index in [2.05, 4.69) is 46.1 Å². The maximum Gasteiger partial charge on any atom is 0.239 e. The Labute approximate surface area is 145 Å². The molecule has 0 saturated heterocycles. The van der Waals surface area contributed by atoms with Gasteiger partial charge in [0.15, 0.2) is 0 Å². The average Bonchev–Trinajstić information content (AvgIpc) is 3.25. The molecule has 0 unspecified atom stereocenters. The van der Waals surface area contributed by atoms with E-state index >= 15 is 0 Å². The number of carbonyl (C=O) groups is 1. The molecule has 24 heavy (non-hydrogen) atoms. The fourth-order valence-corrected chi connectivity index (χ4v) is 5.06. The molecule has 0 aromatic carbocycles. The van der Waals surface area contributed by atoms with Gasteiger partial charge in [-0.25, -0.2) is 0 Å². The summed E-state index contributed by atoms with van der Waals surface area (Å²) < 4.78 is 2.25. The fraction of sp³-hybridized carbons (Fsp3) is 0.444. The van der Waals surface area contributed by atoms with Crippen LogP contribution in [0.15, 0.2) is 18.3 Å². The molecule has 1 aliphatic carbocycles. The summed E-state index contributed by atoms with van der Waals surface area (Å²) in [6.07, 6.45) is 5.21. The van der Waals surface area contributed by atoms with Crippen molar-refractivity contribution in [1.82, 2.24) is 9.47 Å². The summed E-state index contributed by atoms with van der Waals surface area (Å²) in [7, 11) is 0. The van der Waals surface area contributed by atoms with E-state index < -0.39 is 0 Å². The molecule has 0 saturated carbocycles. The standard InChI is InChI=1S/C18H20N4OS/c1-12-15-5-3-7-21(15)8-9-22(12)11-17(23)20-18-14(10-19)13-4-2-6-16(13)24-18/h3,5,7,12H,2,4,6,8-9,11H2,1H3,(H,20,23)/t12-/m0/s1. The van der Waals surface area contributed by atoms with Crippen molar-refractivity contribution < 1.29 is 4.79 Å². The van der Waals surface area contributed by atoms with Gasteiger partial charge >= 0.3 is 0 Å². The lowest BCUT2D eigenvalue weighted by molar-refractivity contribution is -0.118. The first-order valence-electron chi connectivity index (χ1n) is 8.41. The van der Waals surface area contributed by atoms with Gasteiger partial charge in [0.2, 0.25) is 5.91 Å². The summed E-state index contributed by atoms with van der Waals surface area (Å²) in [5, 5.41) is 13.1. The summed E-state index contributed by atoms with van der Waals surface area (Å²) >= 11 is 1.58. The molecule has 4 rings (SSSR count). The Morgan fingerprint density at radius 2 is 2.33 bits per heavy atom. The van der Waals surface area contributed by atoms with Crippen LogP contribution in [0.1, 0.15) is 41.1 Å². The highest BCUT2D eigenvalue weighted by molar-refractivity contribution is 7.16. The maximum absolute atomic E-state index is 12.5. The van der Waals surface area contributed by atoms with Crippen molar-refractivity contribution in [3.05, 3.63) is 40.0 Å². The number of nitrogens with one attached hydrogen (secondary N) is 1. The SMILES string of the molecule is C[C@H]1c2cccn2CCN1CC(=O)Nc1sc2c(c1C#N)CCC2. The number of aryl methyl sites for hydroxylation is 1. The minimum Gasteiger partial charge on any atom is -0.349 e. The van der Waals surface area contributed by atoms with Crippen molar-refractivity contribution >= 4 is 22.2 Å². The van der Waals surface area contributed by atoms with Gasteiger partial charge in [-0.05, 0) is 43.9 Å². The van der Waals surface area contributed by atoms with Crippen LogP contribution in [0.4, 0.5) is 5.00 Å². The molecule has 6 heteroatoms. The van der Waals surface area contributed by atoms with E-state index in [4.69, 9.17) is 0 Å². The molecule has 3 heterocycles. The van der Waals surface area contributed by atoms with Gasteiger partial charge in [-0.1, -0.05) is 0 Å². The van der Waals surface area contributed by atoms with Crippen molar-refractivity contribution in [3.63, 3.8) is 0 Å². The molecule has 2 aliphatic rings. The van der Waals surface area contributed by atoms with E-state index in [0.29, 0.717) is 12.1 Å². The molecule has 1 amide bonds. The highest BCUT2D eigenvalue weighted by Gasteiger charge is 2.27. The molecule has 0 radical (unpaired) electrons. The molecular formula is C18H20N4OS. The molecule has 124 valence electrons. The maximum atomic E-state index is 12.5. The predicted octanol–water partition coefficient (Wildman–Crippen LogP) is 2.93. The highest BCUT2D eigenvalue weighted by atomic mass is 32.1. The number of fused-ring (bicyclic) bond motifs is 2. The molecule has 0 spiro atoms. The zero-order chi connectivity index (χ0) is 16.7. The van der Waals surface area contributed by atoms with Crippen molar-refractivity contribution in [2.75, 3.05) is 18.4 Å². The third-order valence-corrected chi connectivity index (χ3v) is 6.31. The molecule has 1 atom stereocenters. The van der Waals surface area contributed by atoms with Gasteiger partial charge in [0.25, 0.3) is 0 Å². The topological polar surface area (TPSA) is 61.1 Å². The Morgan fingerprint density at radius 3 is 3.17 bits per heavy atom. The van der Waals surface area contributed by atoms with Crippen molar-refractivity contribution in [3.8, 4) is 6.07 Å². The van der Waals surface area contributed by atoms with Crippen LogP contribution in [-0.2, 0) is 24.2 Å². The summed E-state index contributed by atoms with van der Waals surface area (Å²) in [6.45, 7) is 4.28. The van der Waals surface area contributed by atoms with E-state index in [9.17, 15) is 10.1 Å². The molecule has 2 aromatic rings. The van der Waals surface area contributed by atoms with E-state index in [1.807, 2.05) is 0 Å². The number of hydrogen-bond donors (Lipinski definition) is 1. The smallest absolute Gasteiger partial charge is 0.239 e. The van der Waals surface area contributed by atoms with E-state index in [0.717, 1.165) is 42.9 Å². The summed E-state index contributed by atoms with van der Waals surface area (Å²) in [6, 6.07) is 6.68. The average molecular weight is 340 g/mol. The van der Waals surface area contributed by atoms with Crippen LogP contribution in [0.5, 0.6) is 0 Å². The lowest BCUT2D eigenvalue weighted by atomic mass is 10.1. The first-order chi connectivity index (χ1) is 11.7. The van der Waals surface area contributed by atoms with Gasteiger partial charge in [-0.3, -0.25) is 9.69 Å². The zero-order valence-corrected chi connectivity index (χ0v) is 14.5. The second-order valence-corrected chi connectivity index (χ2v) is 7.60. The predicted molar refractivity (Wildman–Crippen MR) is 94.1 cm³/mol. The number of anilines is 1. The van der Waals surface area contributed by atoms with Gasteiger partial charge in [-0.2, -0.15) is 5.26 Å². The van der Waals surface area contributed by atoms with Crippen LogP contribution >= 0.6 is 11.3 Å². The molecule has 1 N–H and O–H groups in total. The van der Waals surface area contributed by atoms with Crippen molar-refractivity contribution in [1.29, 1.82) is 5.26 Å². The number of amides is 1. The number of nitrogens with zero attached hydrogens (tertiary/aromatic N) is 3. The molecule has 5 nitrogen and oxygen atoms in total. The normalized spacial score (nSPS) is 19.6. The lowest BCUT2D eigenvalue weighted by Gasteiger charge is -2.34. The summed E-state index contributed by atoms with van der Waals surface area (Å²) in [4.78, 5) is 16.0. The first-order valence-corrected chi connectivity index (χ1v) is 9.22. The Morgan fingerprint density at radius 1 is 1.46 bits per heavy atom. The Bertz CT molecular complexity index is 829. The largest absolute Gasteiger partial charge is 0.349 e. The Balaban J connectivity index is 1.46. The third-order valence-electron chi connectivity index (χ3n) is 5.10. The summed E-state index contributed by atoms with van der Waals surface area (Å²) in [5.74, 6) is -0.0294. The number of aromatic nitrogens is 1. The van der Waals surface area contributed by atoms with Gasteiger partial charge in [0.05, 0.1) is 12.1 Å². The second-order valence-electron chi connectivity index (χ2n) is 6.49. The van der Waals surface area contributed by atoms with Crippen LogP contribution in [0, 0.1) is 11.3 Å². The number of thiophene rings is 1. The van der Waals surface area contributed by atoms with E-state index in [1.165, 1.54) is 10.6 Å². The first kappa shape index (κ1) is 15.4. The molecular weight excluding hydrogens is 320 g/mol. The third kappa shape index (κ3) is 2.54.